The molecule has 3 aromatic rings. The van der Waals surface area contributed by atoms with E-state index in [2.05, 4.69) is 33.5 Å². The summed E-state index contributed by atoms with van der Waals surface area (Å²) in [6.45, 7) is 2.83. The van der Waals surface area contributed by atoms with Crippen molar-refractivity contribution in [3.8, 4) is 0 Å². The zero-order valence-corrected chi connectivity index (χ0v) is 10.9. The van der Waals surface area contributed by atoms with Crippen LogP contribution in [0.15, 0.2) is 42.9 Å². The Bertz CT molecular complexity index is 670. The average molecular weight is 255 g/mol. The van der Waals surface area contributed by atoms with Crippen molar-refractivity contribution in [2.75, 3.05) is 5.32 Å². The number of benzene rings is 1. The Labute approximate surface area is 110 Å². The Hall–Kier alpha value is -1.94. The molecule has 0 aliphatic carbocycles. The molecule has 2 heterocycles. The van der Waals surface area contributed by atoms with Crippen LogP contribution < -0.4 is 5.32 Å². The number of pyridine rings is 1. The average Bonchev–Trinajstić information content (AvgIpc) is 2.82. The molecule has 0 unspecified atom stereocenters. The van der Waals surface area contributed by atoms with E-state index in [1.807, 2.05) is 31.6 Å². The van der Waals surface area contributed by atoms with Crippen LogP contribution in [0.25, 0.3) is 10.8 Å². The molecule has 0 bridgehead atoms. The third-order valence-corrected chi connectivity index (χ3v) is 3.72. The molecule has 0 saturated heterocycles. The summed E-state index contributed by atoms with van der Waals surface area (Å²) in [7, 11) is 0. The van der Waals surface area contributed by atoms with Gasteiger partial charge in [0.25, 0.3) is 0 Å². The first-order chi connectivity index (χ1) is 8.83. The van der Waals surface area contributed by atoms with Crippen LogP contribution in [0.3, 0.4) is 0 Å². The molecule has 2 aromatic heterocycles. The Balaban J connectivity index is 1.86. The fourth-order valence-corrected chi connectivity index (χ4v) is 2.67. The lowest BCUT2D eigenvalue weighted by Crippen LogP contribution is -1.98. The standard InChI is InChI=1S/C14H13N3S/c1-10-16-7-12(18-10)8-17-14-4-2-3-11-5-6-15-9-13(11)14/h2-7,9,17H,8H2,1H3. The molecular weight excluding hydrogens is 242 g/mol. The highest BCUT2D eigenvalue weighted by Gasteiger charge is 2.02. The smallest absolute Gasteiger partial charge is 0.0897 e. The monoisotopic (exact) mass is 255 g/mol. The zero-order valence-electron chi connectivity index (χ0n) is 10.1. The van der Waals surface area contributed by atoms with E-state index in [9.17, 15) is 0 Å². The second kappa shape index (κ2) is 4.74. The van der Waals surface area contributed by atoms with Gasteiger partial charge in [-0.05, 0) is 24.4 Å². The summed E-state index contributed by atoms with van der Waals surface area (Å²) >= 11 is 1.72. The molecule has 0 radical (unpaired) electrons. The molecule has 0 amide bonds. The van der Waals surface area contributed by atoms with Gasteiger partial charge >= 0.3 is 0 Å². The number of fused-ring (bicyclic) bond motifs is 1. The number of thiazole rings is 1. The maximum Gasteiger partial charge on any atom is 0.0897 e. The maximum absolute atomic E-state index is 4.26. The first-order valence-corrected chi connectivity index (χ1v) is 6.62. The molecule has 0 atom stereocenters. The highest BCUT2D eigenvalue weighted by molar-refractivity contribution is 7.11. The Kier molecular flexibility index (Phi) is 2.94. The van der Waals surface area contributed by atoms with Gasteiger partial charge in [-0.2, -0.15) is 0 Å². The molecule has 1 N–H and O–H groups in total. The summed E-state index contributed by atoms with van der Waals surface area (Å²) in [5.74, 6) is 0. The highest BCUT2D eigenvalue weighted by Crippen LogP contribution is 2.23. The number of aromatic nitrogens is 2. The molecule has 1 aromatic carbocycles. The molecule has 0 fully saturated rings. The topological polar surface area (TPSA) is 37.8 Å². The van der Waals surface area contributed by atoms with Crippen LogP contribution in [0.5, 0.6) is 0 Å². The number of hydrogen-bond donors (Lipinski definition) is 1. The molecule has 18 heavy (non-hydrogen) atoms. The molecule has 4 heteroatoms. The summed E-state index contributed by atoms with van der Waals surface area (Å²) in [5, 5.41) is 6.91. The lowest BCUT2D eigenvalue weighted by molar-refractivity contribution is 1.17. The quantitative estimate of drug-likeness (QED) is 0.777. The SMILES string of the molecule is Cc1ncc(CNc2cccc3ccncc23)s1. The van der Waals surface area contributed by atoms with E-state index >= 15 is 0 Å². The zero-order chi connectivity index (χ0) is 12.4. The van der Waals surface area contributed by atoms with Gasteiger partial charge in [-0.3, -0.25) is 4.98 Å². The number of aryl methyl sites for hydroxylation is 1. The van der Waals surface area contributed by atoms with E-state index in [1.165, 1.54) is 10.3 Å². The van der Waals surface area contributed by atoms with Crippen molar-refractivity contribution in [3.63, 3.8) is 0 Å². The molecule has 0 aliphatic rings. The van der Waals surface area contributed by atoms with Crippen LogP contribution in [0.1, 0.15) is 9.88 Å². The van der Waals surface area contributed by atoms with Crippen molar-refractivity contribution in [2.24, 2.45) is 0 Å². The number of anilines is 1. The van der Waals surface area contributed by atoms with Crippen molar-refractivity contribution < 1.29 is 0 Å². The predicted molar refractivity (Wildman–Crippen MR) is 75.9 cm³/mol. The third kappa shape index (κ3) is 2.19. The molecule has 90 valence electrons. The molecule has 0 saturated carbocycles. The van der Waals surface area contributed by atoms with Crippen LogP contribution >= 0.6 is 11.3 Å². The fraction of sp³-hybridized carbons (Fsp3) is 0.143. The van der Waals surface area contributed by atoms with Crippen molar-refractivity contribution in [2.45, 2.75) is 13.5 Å². The minimum Gasteiger partial charge on any atom is -0.380 e. The van der Waals surface area contributed by atoms with E-state index in [-0.39, 0.29) is 0 Å². The van der Waals surface area contributed by atoms with E-state index < -0.39 is 0 Å². The normalized spacial score (nSPS) is 10.7. The van der Waals surface area contributed by atoms with Crippen LogP contribution in [0, 0.1) is 6.92 Å². The molecule has 0 spiro atoms. The molecular formula is C14H13N3S. The largest absolute Gasteiger partial charge is 0.380 e. The minimum atomic E-state index is 0.805. The summed E-state index contributed by atoms with van der Waals surface area (Å²) in [6.07, 6.45) is 5.64. The van der Waals surface area contributed by atoms with Gasteiger partial charge in [0.2, 0.25) is 0 Å². The van der Waals surface area contributed by atoms with Crippen LogP contribution in [0.2, 0.25) is 0 Å². The van der Waals surface area contributed by atoms with Crippen molar-refractivity contribution in [1.82, 2.24) is 9.97 Å². The molecule has 0 aliphatic heterocycles. The van der Waals surface area contributed by atoms with E-state index in [1.54, 1.807) is 11.3 Å². The first-order valence-electron chi connectivity index (χ1n) is 5.81. The molecule has 3 rings (SSSR count). The van der Waals surface area contributed by atoms with E-state index in [0.717, 1.165) is 22.6 Å². The molecule has 3 nitrogen and oxygen atoms in total. The lowest BCUT2D eigenvalue weighted by Gasteiger charge is -2.07. The van der Waals surface area contributed by atoms with Crippen molar-refractivity contribution in [1.29, 1.82) is 0 Å². The summed E-state index contributed by atoms with van der Waals surface area (Å²) in [4.78, 5) is 9.68. The van der Waals surface area contributed by atoms with Crippen LogP contribution in [0.4, 0.5) is 5.69 Å². The number of hydrogen-bond acceptors (Lipinski definition) is 4. The summed E-state index contributed by atoms with van der Waals surface area (Å²) < 4.78 is 0. The number of rotatable bonds is 3. The van der Waals surface area contributed by atoms with Gasteiger partial charge in [0, 0.05) is 34.5 Å². The van der Waals surface area contributed by atoms with Gasteiger partial charge in [0.1, 0.15) is 0 Å². The van der Waals surface area contributed by atoms with Gasteiger partial charge in [-0.25, -0.2) is 4.98 Å². The van der Waals surface area contributed by atoms with Gasteiger partial charge in [0.05, 0.1) is 11.6 Å². The highest BCUT2D eigenvalue weighted by atomic mass is 32.1. The third-order valence-electron chi connectivity index (χ3n) is 2.81. The Morgan fingerprint density at radius 2 is 2.17 bits per heavy atom. The van der Waals surface area contributed by atoms with Gasteiger partial charge in [-0.1, -0.05) is 12.1 Å². The predicted octanol–water partition coefficient (Wildman–Crippen LogP) is 3.61. The second-order valence-corrected chi connectivity index (χ2v) is 5.42. The number of nitrogens with one attached hydrogen (secondary N) is 1. The Morgan fingerprint density at radius 1 is 1.22 bits per heavy atom. The van der Waals surface area contributed by atoms with Crippen molar-refractivity contribution in [3.05, 3.63) is 52.7 Å². The van der Waals surface area contributed by atoms with E-state index in [0.29, 0.717) is 0 Å². The lowest BCUT2D eigenvalue weighted by atomic mass is 10.1. The summed E-state index contributed by atoms with van der Waals surface area (Å²) in [5.41, 5.74) is 1.12. The van der Waals surface area contributed by atoms with Crippen LogP contribution in [-0.4, -0.2) is 9.97 Å². The van der Waals surface area contributed by atoms with Gasteiger partial charge in [-0.15, -0.1) is 11.3 Å². The van der Waals surface area contributed by atoms with E-state index in [4.69, 9.17) is 0 Å². The Morgan fingerprint density at radius 3 is 3.00 bits per heavy atom. The van der Waals surface area contributed by atoms with Gasteiger partial charge in [0.15, 0.2) is 0 Å². The van der Waals surface area contributed by atoms with Gasteiger partial charge < -0.3 is 5.32 Å². The van der Waals surface area contributed by atoms with Crippen molar-refractivity contribution >= 4 is 27.8 Å². The summed E-state index contributed by atoms with van der Waals surface area (Å²) in [6, 6.07) is 8.26. The minimum absolute atomic E-state index is 0.805. The fourth-order valence-electron chi connectivity index (χ4n) is 1.94. The maximum atomic E-state index is 4.26. The second-order valence-electron chi connectivity index (χ2n) is 4.10. The van der Waals surface area contributed by atoms with Crippen LogP contribution in [-0.2, 0) is 6.54 Å². The first kappa shape index (κ1) is 11.2. The number of nitrogens with zero attached hydrogens (tertiary/aromatic N) is 2.